The van der Waals surface area contributed by atoms with Crippen LogP contribution in [0.2, 0.25) is 0 Å². The summed E-state index contributed by atoms with van der Waals surface area (Å²) in [4.78, 5) is 30.8. The number of aromatic nitrogens is 4. The zero-order valence-corrected chi connectivity index (χ0v) is 23.1. The van der Waals surface area contributed by atoms with E-state index in [0.717, 1.165) is 61.6 Å². The van der Waals surface area contributed by atoms with Crippen molar-refractivity contribution in [2.24, 2.45) is 5.41 Å². The average molecular weight is 550 g/mol. The van der Waals surface area contributed by atoms with Crippen molar-refractivity contribution in [3.8, 4) is 5.13 Å². The summed E-state index contributed by atoms with van der Waals surface area (Å²) in [6.45, 7) is 8.63. The second-order valence-corrected chi connectivity index (χ2v) is 12.1. The number of piperazine rings is 1. The number of anilines is 2. The van der Waals surface area contributed by atoms with E-state index in [2.05, 4.69) is 56.4 Å². The zero-order valence-electron chi connectivity index (χ0n) is 22.3. The van der Waals surface area contributed by atoms with Gasteiger partial charge in [-0.25, -0.2) is 29.1 Å². The first-order valence-corrected chi connectivity index (χ1v) is 13.9. The number of urea groups is 1. The molecule has 0 bridgehead atoms. The Hall–Kier alpha value is -3.61. The predicted molar refractivity (Wildman–Crippen MR) is 151 cm³/mol. The van der Waals surface area contributed by atoms with Crippen LogP contribution in [0.4, 0.5) is 20.0 Å². The van der Waals surface area contributed by atoms with Crippen molar-refractivity contribution in [1.29, 1.82) is 0 Å². The minimum absolute atomic E-state index is 0.00614. The van der Waals surface area contributed by atoms with Gasteiger partial charge in [0.2, 0.25) is 0 Å². The summed E-state index contributed by atoms with van der Waals surface area (Å²) in [5, 5.41) is 7.04. The summed E-state index contributed by atoms with van der Waals surface area (Å²) in [5.41, 5.74) is 4.62. The van der Waals surface area contributed by atoms with Gasteiger partial charge in [-0.3, -0.25) is 15.3 Å². The van der Waals surface area contributed by atoms with Gasteiger partial charge in [0.15, 0.2) is 10.8 Å². The van der Waals surface area contributed by atoms with Crippen LogP contribution in [0, 0.1) is 11.2 Å². The molecule has 0 saturated carbocycles. The maximum Gasteiger partial charge on any atom is 0.334 e. The van der Waals surface area contributed by atoms with Crippen molar-refractivity contribution >= 4 is 39.2 Å². The number of hydrazine groups is 1. The van der Waals surface area contributed by atoms with Crippen molar-refractivity contribution in [1.82, 2.24) is 34.9 Å². The summed E-state index contributed by atoms with van der Waals surface area (Å²) in [7, 11) is 2.07. The van der Waals surface area contributed by atoms with Gasteiger partial charge in [-0.2, -0.15) is 0 Å². The number of halogens is 1. The monoisotopic (exact) mass is 549 g/mol. The van der Waals surface area contributed by atoms with Crippen LogP contribution in [0.1, 0.15) is 31.9 Å². The van der Waals surface area contributed by atoms with Gasteiger partial charge < -0.3 is 9.80 Å². The lowest BCUT2D eigenvalue weighted by Gasteiger charge is -2.32. The molecule has 2 fully saturated rings. The Morgan fingerprint density at radius 1 is 1.13 bits per heavy atom. The first kappa shape index (κ1) is 25.7. The van der Waals surface area contributed by atoms with E-state index in [1.807, 2.05) is 27.9 Å². The molecule has 204 valence electrons. The number of rotatable bonds is 5. The zero-order chi connectivity index (χ0) is 27.1. The molecule has 12 heteroatoms. The molecule has 4 aromatic rings. The van der Waals surface area contributed by atoms with E-state index < -0.39 is 0 Å². The van der Waals surface area contributed by atoms with Gasteiger partial charge in [-0.05, 0) is 42.6 Å². The van der Waals surface area contributed by atoms with Gasteiger partial charge in [-0.15, -0.1) is 0 Å². The Bertz CT molecular complexity index is 1490. The number of likely N-dealkylation sites (N-methyl/N-ethyl adjacent to an activating group) is 1. The Kier molecular flexibility index (Phi) is 6.69. The smallest absolute Gasteiger partial charge is 0.334 e. The van der Waals surface area contributed by atoms with Gasteiger partial charge >= 0.3 is 6.03 Å². The Balaban J connectivity index is 1.24. The number of benzene rings is 1. The number of amides is 2. The second kappa shape index (κ2) is 10.2. The summed E-state index contributed by atoms with van der Waals surface area (Å²) < 4.78 is 16.0. The lowest BCUT2D eigenvalue weighted by atomic mass is 9.89. The van der Waals surface area contributed by atoms with E-state index in [1.54, 1.807) is 24.7 Å². The highest BCUT2D eigenvalue weighted by atomic mass is 32.1. The van der Waals surface area contributed by atoms with Crippen LogP contribution in [0.15, 0.2) is 49.1 Å². The molecular weight excluding hydrogens is 517 g/mol. The maximum absolute atomic E-state index is 14.1. The number of hydrogen-bond donors (Lipinski definition) is 2. The normalized spacial score (nSPS) is 20.0. The van der Waals surface area contributed by atoms with Gasteiger partial charge in [0.25, 0.3) is 0 Å². The third kappa shape index (κ3) is 5.32. The summed E-state index contributed by atoms with van der Waals surface area (Å²) in [6, 6.07) is 8.56. The van der Waals surface area contributed by atoms with Crippen molar-refractivity contribution < 1.29 is 9.18 Å². The molecule has 2 N–H and O–H groups in total. The van der Waals surface area contributed by atoms with Crippen LogP contribution in [-0.2, 0) is 0 Å². The Labute approximate surface area is 230 Å². The van der Waals surface area contributed by atoms with Crippen molar-refractivity contribution in [2.45, 2.75) is 26.3 Å². The number of nitrogens with one attached hydrogen (secondary N) is 2. The highest BCUT2D eigenvalue weighted by Crippen LogP contribution is 2.46. The molecular formula is C27H32FN9OS. The fourth-order valence-corrected chi connectivity index (χ4v) is 6.26. The van der Waals surface area contributed by atoms with Crippen molar-refractivity contribution in [2.75, 3.05) is 50.0 Å². The summed E-state index contributed by atoms with van der Waals surface area (Å²) in [5.74, 6) is 0.585. The van der Waals surface area contributed by atoms with E-state index in [1.165, 1.54) is 17.4 Å². The number of fused-ring (bicyclic) bond motifs is 1. The predicted octanol–water partition coefficient (Wildman–Crippen LogP) is 4.28. The van der Waals surface area contributed by atoms with E-state index in [9.17, 15) is 9.18 Å². The van der Waals surface area contributed by atoms with E-state index in [-0.39, 0.29) is 23.3 Å². The fourth-order valence-electron chi connectivity index (χ4n) is 5.46. The quantitative estimate of drug-likeness (QED) is 0.384. The lowest BCUT2D eigenvalue weighted by molar-refractivity contribution is 0.116. The minimum Gasteiger partial charge on any atom is -0.348 e. The summed E-state index contributed by atoms with van der Waals surface area (Å²) >= 11 is 1.37. The highest BCUT2D eigenvalue weighted by Gasteiger charge is 2.40. The van der Waals surface area contributed by atoms with Gasteiger partial charge in [-0.1, -0.05) is 37.3 Å². The molecule has 2 aliphatic rings. The number of thiazole rings is 1. The minimum atomic E-state index is -0.281. The first-order valence-electron chi connectivity index (χ1n) is 13.1. The largest absolute Gasteiger partial charge is 0.348 e. The van der Waals surface area contributed by atoms with Crippen LogP contribution in [-0.4, -0.2) is 75.2 Å². The fraction of sp³-hybridized carbons (Fsp3) is 0.407. The molecule has 5 heterocycles. The van der Waals surface area contributed by atoms with E-state index in [0.29, 0.717) is 10.1 Å². The van der Waals surface area contributed by atoms with Crippen molar-refractivity contribution in [3.05, 3.63) is 60.4 Å². The molecule has 10 nitrogen and oxygen atoms in total. The van der Waals surface area contributed by atoms with Crippen LogP contribution in [0.25, 0.3) is 16.2 Å². The molecule has 1 aromatic carbocycles. The third-order valence-corrected chi connectivity index (χ3v) is 8.30. The van der Waals surface area contributed by atoms with E-state index >= 15 is 0 Å². The average Bonchev–Trinajstić information content (AvgIpc) is 3.62. The molecule has 1 atom stereocenters. The number of carbonyl (C=O) groups is 1. The molecule has 6 rings (SSSR count). The SMILES string of the molecule is CN1CCN(NC(=O)Nc2cnc(-n3ccc4c(N5CC(C)(C)CC5c5cccc(F)c5)ncnc43)s2)CC1. The van der Waals surface area contributed by atoms with Crippen molar-refractivity contribution in [3.63, 3.8) is 0 Å². The standard InChI is InChI=1S/C27H32FN9OS/c1-27(2)14-21(18-5-4-6-19(28)13-18)37(16-27)24-20-7-8-36(23(20)30-17-31-24)26-29-15-22(39-26)32-25(38)33-35-11-9-34(3)10-12-35/h4-8,13,15,17,21H,9-12,14,16H2,1-3H3,(H2,32,33,38). The van der Waals surface area contributed by atoms with Crippen LogP contribution in [0.5, 0.6) is 0 Å². The Morgan fingerprint density at radius 2 is 1.95 bits per heavy atom. The maximum atomic E-state index is 14.1. The van der Waals surface area contributed by atoms with E-state index in [4.69, 9.17) is 0 Å². The molecule has 3 aromatic heterocycles. The number of carbonyl (C=O) groups excluding carboxylic acids is 1. The lowest BCUT2D eigenvalue weighted by Crippen LogP contribution is -2.53. The molecule has 39 heavy (non-hydrogen) atoms. The van der Waals surface area contributed by atoms with Crippen LogP contribution >= 0.6 is 11.3 Å². The molecule has 2 aliphatic heterocycles. The molecule has 1 unspecified atom stereocenters. The van der Waals surface area contributed by atoms with Gasteiger partial charge in [0.05, 0.1) is 17.6 Å². The van der Waals surface area contributed by atoms with Crippen LogP contribution < -0.4 is 15.6 Å². The highest BCUT2D eigenvalue weighted by molar-refractivity contribution is 7.18. The molecule has 0 aliphatic carbocycles. The topological polar surface area (TPSA) is 94.5 Å². The van der Waals surface area contributed by atoms with Crippen LogP contribution in [0.3, 0.4) is 0 Å². The van der Waals surface area contributed by atoms with Gasteiger partial charge in [0, 0.05) is 38.9 Å². The number of nitrogens with zero attached hydrogens (tertiary/aromatic N) is 7. The molecule has 0 spiro atoms. The molecule has 0 radical (unpaired) electrons. The number of hydrogen-bond acceptors (Lipinski definition) is 8. The molecule has 2 amide bonds. The second-order valence-electron chi connectivity index (χ2n) is 11.1. The molecule has 2 saturated heterocycles. The summed E-state index contributed by atoms with van der Waals surface area (Å²) in [6.07, 6.45) is 6.04. The van der Waals surface area contributed by atoms with Gasteiger partial charge in [0.1, 0.15) is 23.0 Å². The third-order valence-electron chi connectivity index (χ3n) is 7.39. The first-order chi connectivity index (χ1) is 18.8. The Morgan fingerprint density at radius 3 is 2.74 bits per heavy atom.